The van der Waals surface area contributed by atoms with Gasteiger partial charge in [0.05, 0.1) is 5.69 Å². The Hall–Kier alpha value is -2.47. The summed E-state index contributed by atoms with van der Waals surface area (Å²) in [5, 5.41) is 14.4. The molecule has 0 radical (unpaired) electrons. The van der Waals surface area contributed by atoms with Gasteiger partial charge in [-0.05, 0) is 36.6 Å². The van der Waals surface area contributed by atoms with E-state index in [9.17, 15) is 14.7 Å². The highest BCUT2D eigenvalue weighted by atomic mass is 32.2. The number of benzene rings is 2. The van der Waals surface area contributed by atoms with Crippen LogP contribution in [0.4, 0.5) is 11.4 Å². The van der Waals surface area contributed by atoms with Gasteiger partial charge in [0.15, 0.2) is 0 Å². The fraction of sp³-hybridized carbons (Fsp3) is 0.0667. The van der Waals surface area contributed by atoms with Gasteiger partial charge in [-0.15, -0.1) is 11.8 Å². The molecule has 21 heavy (non-hydrogen) atoms. The number of amides is 2. The Bertz CT molecular complexity index is 673. The zero-order valence-electron chi connectivity index (χ0n) is 11.3. The van der Waals surface area contributed by atoms with E-state index in [0.717, 1.165) is 4.90 Å². The molecule has 0 fully saturated rings. The highest BCUT2D eigenvalue weighted by Crippen LogP contribution is 2.22. The van der Waals surface area contributed by atoms with Crippen LogP contribution in [0.3, 0.4) is 0 Å². The van der Waals surface area contributed by atoms with Crippen LogP contribution in [0.5, 0.6) is 5.75 Å². The average molecular weight is 302 g/mol. The monoisotopic (exact) mass is 302 g/mol. The molecule has 0 aliphatic heterocycles. The lowest BCUT2D eigenvalue weighted by atomic mass is 10.3. The molecule has 3 N–H and O–H groups in total. The first-order valence-electron chi connectivity index (χ1n) is 6.14. The molecule has 0 aliphatic carbocycles. The summed E-state index contributed by atoms with van der Waals surface area (Å²) < 4.78 is 0. The number of anilines is 2. The molecule has 6 heteroatoms. The standard InChI is InChI=1S/C15H14N2O3S/c1-21-11-6-4-5-10(9-11)16-14(19)15(20)17-12-7-2-3-8-13(12)18/h2-9,18H,1H3,(H,16,19)(H,17,20). The Morgan fingerprint density at radius 3 is 2.43 bits per heavy atom. The molecule has 0 heterocycles. The van der Waals surface area contributed by atoms with Crippen LogP contribution < -0.4 is 10.6 Å². The van der Waals surface area contributed by atoms with Crippen molar-refractivity contribution in [3.63, 3.8) is 0 Å². The van der Waals surface area contributed by atoms with Crippen LogP contribution in [0.2, 0.25) is 0 Å². The Kier molecular flexibility index (Phi) is 4.84. The molecule has 0 atom stereocenters. The summed E-state index contributed by atoms with van der Waals surface area (Å²) in [5.74, 6) is -1.73. The van der Waals surface area contributed by atoms with Crippen LogP contribution in [-0.4, -0.2) is 23.2 Å². The zero-order valence-corrected chi connectivity index (χ0v) is 12.1. The number of aromatic hydroxyl groups is 1. The fourth-order valence-corrected chi connectivity index (χ4v) is 2.11. The SMILES string of the molecule is CSc1cccc(NC(=O)C(=O)Nc2ccccc2O)c1. The van der Waals surface area contributed by atoms with E-state index < -0.39 is 11.8 Å². The number of nitrogens with one attached hydrogen (secondary N) is 2. The van der Waals surface area contributed by atoms with Crippen molar-refractivity contribution in [1.82, 2.24) is 0 Å². The number of phenols is 1. The van der Waals surface area contributed by atoms with Crippen LogP contribution >= 0.6 is 11.8 Å². The second-order valence-corrected chi connectivity index (χ2v) is 5.04. The molecular formula is C15H14N2O3S. The van der Waals surface area contributed by atoms with E-state index in [-0.39, 0.29) is 11.4 Å². The van der Waals surface area contributed by atoms with Gasteiger partial charge in [0.1, 0.15) is 5.75 Å². The van der Waals surface area contributed by atoms with Crippen molar-refractivity contribution in [3.05, 3.63) is 48.5 Å². The highest BCUT2D eigenvalue weighted by Gasteiger charge is 2.15. The quantitative estimate of drug-likeness (QED) is 0.463. The lowest BCUT2D eigenvalue weighted by Crippen LogP contribution is -2.29. The van der Waals surface area contributed by atoms with Crippen LogP contribution in [0, 0.1) is 0 Å². The first kappa shape index (κ1) is 14.9. The molecule has 2 aromatic carbocycles. The summed E-state index contributed by atoms with van der Waals surface area (Å²) in [6.07, 6.45) is 1.92. The first-order chi connectivity index (χ1) is 10.1. The van der Waals surface area contributed by atoms with Gasteiger partial charge in [0.25, 0.3) is 0 Å². The number of thioether (sulfide) groups is 1. The Labute approximate surface area is 126 Å². The number of hydrogen-bond acceptors (Lipinski definition) is 4. The molecule has 0 bridgehead atoms. The Morgan fingerprint density at radius 2 is 1.71 bits per heavy atom. The lowest BCUT2D eigenvalue weighted by molar-refractivity contribution is -0.133. The minimum atomic E-state index is -0.842. The van der Waals surface area contributed by atoms with Crippen molar-refractivity contribution >= 4 is 35.0 Å². The number of rotatable bonds is 3. The smallest absolute Gasteiger partial charge is 0.314 e. The normalized spacial score (nSPS) is 9.95. The largest absolute Gasteiger partial charge is 0.506 e. The van der Waals surface area contributed by atoms with Gasteiger partial charge < -0.3 is 15.7 Å². The molecule has 108 valence electrons. The van der Waals surface area contributed by atoms with E-state index in [1.54, 1.807) is 30.3 Å². The topological polar surface area (TPSA) is 78.4 Å². The molecule has 2 aromatic rings. The number of carbonyl (C=O) groups is 2. The van der Waals surface area contributed by atoms with E-state index in [4.69, 9.17) is 0 Å². The molecule has 0 aromatic heterocycles. The van der Waals surface area contributed by atoms with E-state index >= 15 is 0 Å². The third kappa shape index (κ3) is 4.00. The molecule has 2 amide bonds. The molecule has 0 saturated carbocycles. The number of carbonyl (C=O) groups excluding carboxylic acids is 2. The summed E-state index contributed by atoms with van der Waals surface area (Å²) in [7, 11) is 0. The van der Waals surface area contributed by atoms with E-state index in [0.29, 0.717) is 5.69 Å². The van der Waals surface area contributed by atoms with Crippen LogP contribution in [0.25, 0.3) is 0 Å². The summed E-state index contributed by atoms with van der Waals surface area (Å²) in [5.41, 5.74) is 0.731. The van der Waals surface area contributed by atoms with Gasteiger partial charge in [-0.3, -0.25) is 9.59 Å². The third-order valence-corrected chi connectivity index (χ3v) is 3.41. The number of para-hydroxylation sites is 2. The minimum absolute atomic E-state index is 0.0944. The minimum Gasteiger partial charge on any atom is -0.506 e. The third-order valence-electron chi connectivity index (χ3n) is 2.69. The maximum Gasteiger partial charge on any atom is 0.314 e. The predicted octanol–water partition coefficient (Wildman–Crippen LogP) is 2.69. The average Bonchev–Trinajstić information content (AvgIpc) is 2.49. The van der Waals surface area contributed by atoms with E-state index in [1.165, 1.54) is 23.9 Å². The number of phenolic OH excluding ortho intramolecular Hbond substituents is 1. The molecule has 0 aliphatic rings. The summed E-state index contributed by atoms with van der Waals surface area (Å²) in [6.45, 7) is 0. The van der Waals surface area contributed by atoms with Crippen LogP contribution in [0.1, 0.15) is 0 Å². The molecule has 0 spiro atoms. The van der Waals surface area contributed by atoms with Crippen molar-refractivity contribution in [2.75, 3.05) is 16.9 Å². The second-order valence-electron chi connectivity index (χ2n) is 4.16. The van der Waals surface area contributed by atoms with Crippen molar-refractivity contribution in [2.24, 2.45) is 0 Å². The van der Waals surface area contributed by atoms with E-state index in [2.05, 4.69) is 10.6 Å². The summed E-state index contributed by atoms with van der Waals surface area (Å²) >= 11 is 1.54. The number of hydrogen-bond donors (Lipinski definition) is 3. The molecule has 0 saturated heterocycles. The summed E-state index contributed by atoms with van der Waals surface area (Å²) in [6, 6.07) is 13.4. The van der Waals surface area contributed by atoms with Gasteiger partial charge in [-0.2, -0.15) is 0 Å². The zero-order chi connectivity index (χ0) is 15.2. The van der Waals surface area contributed by atoms with E-state index in [1.807, 2.05) is 12.3 Å². The predicted molar refractivity (Wildman–Crippen MR) is 83.6 cm³/mol. The van der Waals surface area contributed by atoms with Crippen molar-refractivity contribution in [3.8, 4) is 5.75 Å². The highest BCUT2D eigenvalue weighted by molar-refractivity contribution is 7.98. The van der Waals surface area contributed by atoms with Crippen LogP contribution in [-0.2, 0) is 9.59 Å². The second kappa shape index (κ2) is 6.81. The molecule has 5 nitrogen and oxygen atoms in total. The van der Waals surface area contributed by atoms with Gasteiger partial charge >= 0.3 is 11.8 Å². The Balaban J connectivity index is 2.03. The van der Waals surface area contributed by atoms with Crippen molar-refractivity contribution < 1.29 is 14.7 Å². The molecular weight excluding hydrogens is 288 g/mol. The fourth-order valence-electron chi connectivity index (χ4n) is 1.65. The maximum absolute atomic E-state index is 11.8. The van der Waals surface area contributed by atoms with Gasteiger partial charge in [0, 0.05) is 10.6 Å². The van der Waals surface area contributed by atoms with Gasteiger partial charge in [-0.25, -0.2) is 0 Å². The maximum atomic E-state index is 11.8. The summed E-state index contributed by atoms with van der Waals surface area (Å²) in [4.78, 5) is 24.6. The Morgan fingerprint density at radius 1 is 1.00 bits per heavy atom. The molecule has 2 rings (SSSR count). The van der Waals surface area contributed by atoms with Crippen molar-refractivity contribution in [2.45, 2.75) is 4.90 Å². The van der Waals surface area contributed by atoms with Crippen LogP contribution in [0.15, 0.2) is 53.4 Å². The first-order valence-corrected chi connectivity index (χ1v) is 7.37. The molecule has 0 unspecified atom stereocenters. The van der Waals surface area contributed by atoms with Crippen molar-refractivity contribution in [1.29, 1.82) is 0 Å². The van der Waals surface area contributed by atoms with Gasteiger partial charge in [0.2, 0.25) is 0 Å². The lowest BCUT2D eigenvalue weighted by Gasteiger charge is -2.08. The van der Waals surface area contributed by atoms with Gasteiger partial charge in [-0.1, -0.05) is 18.2 Å².